The Hall–Kier alpha value is -2.08. The summed E-state index contributed by atoms with van der Waals surface area (Å²) in [5.41, 5.74) is 0.447. The van der Waals surface area contributed by atoms with E-state index in [2.05, 4.69) is 38.2 Å². The van der Waals surface area contributed by atoms with Gasteiger partial charge in [0.2, 0.25) is 5.91 Å². The van der Waals surface area contributed by atoms with Gasteiger partial charge < -0.3 is 19.9 Å². The summed E-state index contributed by atoms with van der Waals surface area (Å²) in [5.74, 6) is -0.225. The van der Waals surface area contributed by atoms with Gasteiger partial charge in [-0.15, -0.1) is 0 Å². The molecule has 0 radical (unpaired) electrons. The van der Waals surface area contributed by atoms with Crippen LogP contribution >= 0.6 is 0 Å². The van der Waals surface area contributed by atoms with Crippen molar-refractivity contribution in [1.82, 2.24) is 5.32 Å². The Balaban J connectivity index is 1.69. The first-order valence-corrected chi connectivity index (χ1v) is 9.54. The molecular weight excluding hydrogens is 346 g/mol. The number of aliphatic carboxylic acids is 1. The van der Waals surface area contributed by atoms with Gasteiger partial charge in [-0.2, -0.15) is 0 Å². The molecule has 1 aromatic rings. The number of hydrogen-bond donors (Lipinski definition) is 2. The highest BCUT2D eigenvalue weighted by atomic mass is 16.5. The number of rotatable bonds is 8. The predicted octanol–water partition coefficient (Wildman–Crippen LogP) is 3.14. The van der Waals surface area contributed by atoms with Gasteiger partial charge in [-0.25, -0.2) is 0 Å². The number of hydrogen-bond acceptors (Lipinski definition) is 4. The van der Waals surface area contributed by atoms with Gasteiger partial charge >= 0.3 is 5.97 Å². The third-order valence-corrected chi connectivity index (χ3v) is 5.06. The molecule has 1 saturated heterocycles. The van der Waals surface area contributed by atoms with Gasteiger partial charge in [0.05, 0.1) is 12.0 Å². The van der Waals surface area contributed by atoms with Crippen LogP contribution in [0.4, 0.5) is 0 Å². The number of carbonyl (C=O) groups excluding carboxylic acids is 1. The van der Waals surface area contributed by atoms with Gasteiger partial charge in [0.15, 0.2) is 0 Å². The zero-order valence-corrected chi connectivity index (χ0v) is 16.5. The molecule has 0 atom stereocenters. The Morgan fingerprint density at radius 2 is 1.81 bits per heavy atom. The Labute approximate surface area is 161 Å². The van der Waals surface area contributed by atoms with E-state index >= 15 is 0 Å². The van der Waals surface area contributed by atoms with Crippen molar-refractivity contribution < 1.29 is 24.2 Å². The summed E-state index contributed by atoms with van der Waals surface area (Å²) in [7, 11) is 0. The van der Waals surface area contributed by atoms with Gasteiger partial charge in [-0.3, -0.25) is 9.59 Å². The Morgan fingerprint density at radius 3 is 2.37 bits per heavy atom. The standard InChI is InChI=1S/C21H31NO5/c1-20(2,3)16-6-8-17(9-7-16)27-12-4-5-18(23)22-15-21(19(24)25)10-13-26-14-11-21/h6-9H,4-5,10-15H2,1-3H3,(H,22,23)(H,24,25). The molecule has 2 N–H and O–H groups in total. The van der Waals surface area contributed by atoms with Crippen molar-refractivity contribution in [2.75, 3.05) is 26.4 Å². The van der Waals surface area contributed by atoms with Gasteiger partial charge in [0, 0.05) is 26.2 Å². The summed E-state index contributed by atoms with van der Waals surface area (Å²) in [5, 5.41) is 12.3. The second kappa shape index (κ2) is 9.22. The van der Waals surface area contributed by atoms with E-state index in [1.165, 1.54) is 5.56 Å². The lowest BCUT2D eigenvalue weighted by Gasteiger charge is -2.33. The molecular formula is C21H31NO5. The average molecular weight is 377 g/mol. The molecule has 0 saturated carbocycles. The predicted molar refractivity (Wildman–Crippen MR) is 103 cm³/mol. The zero-order chi connectivity index (χ0) is 19.9. The van der Waals surface area contributed by atoms with Gasteiger partial charge in [-0.05, 0) is 42.4 Å². The van der Waals surface area contributed by atoms with Crippen molar-refractivity contribution in [3.8, 4) is 5.75 Å². The summed E-state index contributed by atoms with van der Waals surface area (Å²) in [6, 6.07) is 8.01. The lowest BCUT2D eigenvalue weighted by molar-refractivity contribution is -0.154. The number of amides is 1. The quantitative estimate of drug-likeness (QED) is 0.680. The van der Waals surface area contributed by atoms with E-state index in [9.17, 15) is 14.7 Å². The molecule has 0 aromatic heterocycles. The fraction of sp³-hybridized carbons (Fsp3) is 0.619. The van der Waals surface area contributed by atoms with Gasteiger partial charge in [0.25, 0.3) is 0 Å². The lowest BCUT2D eigenvalue weighted by atomic mass is 9.80. The van der Waals surface area contributed by atoms with Crippen molar-refractivity contribution in [2.45, 2.75) is 51.9 Å². The van der Waals surface area contributed by atoms with Crippen LogP contribution < -0.4 is 10.1 Å². The fourth-order valence-corrected chi connectivity index (χ4v) is 3.06. The molecule has 1 fully saturated rings. The first kappa shape index (κ1) is 21.2. The van der Waals surface area contributed by atoms with Crippen LogP contribution in [0, 0.1) is 5.41 Å². The maximum atomic E-state index is 12.0. The number of benzene rings is 1. The summed E-state index contributed by atoms with van der Waals surface area (Å²) in [6.07, 6.45) is 1.74. The van der Waals surface area contributed by atoms with Crippen LogP contribution in [-0.2, 0) is 19.7 Å². The molecule has 1 aliphatic rings. The summed E-state index contributed by atoms with van der Waals surface area (Å²) < 4.78 is 10.9. The molecule has 6 nitrogen and oxygen atoms in total. The fourth-order valence-electron chi connectivity index (χ4n) is 3.06. The lowest BCUT2D eigenvalue weighted by Crippen LogP contribution is -2.46. The maximum absolute atomic E-state index is 12.0. The second-order valence-corrected chi connectivity index (χ2v) is 8.20. The highest BCUT2D eigenvalue weighted by molar-refractivity contribution is 5.79. The molecule has 0 spiro atoms. The smallest absolute Gasteiger partial charge is 0.311 e. The summed E-state index contributed by atoms with van der Waals surface area (Å²) >= 11 is 0. The third kappa shape index (κ3) is 6.24. The van der Waals surface area contributed by atoms with E-state index < -0.39 is 11.4 Å². The zero-order valence-electron chi connectivity index (χ0n) is 16.5. The van der Waals surface area contributed by atoms with E-state index in [4.69, 9.17) is 9.47 Å². The molecule has 0 aliphatic carbocycles. The Kier molecular flexibility index (Phi) is 7.25. The van der Waals surface area contributed by atoms with Crippen molar-refractivity contribution in [2.24, 2.45) is 5.41 Å². The maximum Gasteiger partial charge on any atom is 0.311 e. The first-order chi connectivity index (χ1) is 12.7. The van der Waals surface area contributed by atoms with Crippen molar-refractivity contribution >= 4 is 11.9 Å². The van der Waals surface area contributed by atoms with Crippen LogP contribution in [0.5, 0.6) is 5.75 Å². The van der Waals surface area contributed by atoms with Crippen LogP contribution in [0.3, 0.4) is 0 Å². The normalized spacial score (nSPS) is 16.6. The molecule has 1 aromatic carbocycles. The van der Waals surface area contributed by atoms with E-state index in [-0.39, 0.29) is 17.9 Å². The topological polar surface area (TPSA) is 84.9 Å². The van der Waals surface area contributed by atoms with Crippen LogP contribution in [-0.4, -0.2) is 43.3 Å². The van der Waals surface area contributed by atoms with E-state index in [0.29, 0.717) is 45.5 Å². The molecule has 27 heavy (non-hydrogen) atoms. The average Bonchev–Trinajstić information content (AvgIpc) is 2.64. The summed E-state index contributed by atoms with van der Waals surface area (Å²) in [6.45, 7) is 7.93. The van der Waals surface area contributed by atoms with Crippen LogP contribution in [0.25, 0.3) is 0 Å². The number of carboxylic acids is 1. The van der Waals surface area contributed by atoms with E-state index in [1.54, 1.807) is 0 Å². The molecule has 150 valence electrons. The summed E-state index contributed by atoms with van der Waals surface area (Å²) in [4.78, 5) is 23.6. The van der Waals surface area contributed by atoms with Crippen molar-refractivity contribution in [3.63, 3.8) is 0 Å². The van der Waals surface area contributed by atoms with Crippen molar-refractivity contribution in [1.29, 1.82) is 0 Å². The number of carboxylic acid groups (broad SMARTS) is 1. The van der Waals surface area contributed by atoms with E-state index in [1.807, 2.05) is 12.1 Å². The highest BCUT2D eigenvalue weighted by Gasteiger charge is 2.40. The minimum Gasteiger partial charge on any atom is -0.494 e. The monoisotopic (exact) mass is 377 g/mol. The number of ether oxygens (including phenoxy) is 2. The molecule has 0 unspecified atom stereocenters. The third-order valence-electron chi connectivity index (χ3n) is 5.06. The van der Waals surface area contributed by atoms with Crippen LogP contribution in [0.2, 0.25) is 0 Å². The van der Waals surface area contributed by atoms with Gasteiger partial charge in [-0.1, -0.05) is 32.9 Å². The number of carbonyl (C=O) groups is 2. The van der Waals surface area contributed by atoms with Crippen molar-refractivity contribution in [3.05, 3.63) is 29.8 Å². The van der Waals surface area contributed by atoms with Crippen LogP contribution in [0.1, 0.15) is 52.0 Å². The molecule has 1 amide bonds. The van der Waals surface area contributed by atoms with Crippen LogP contribution in [0.15, 0.2) is 24.3 Å². The minimum absolute atomic E-state index is 0.106. The molecule has 2 rings (SSSR count). The minimum atomic E-state index is -0.904. The molecule has 0 bridgehead atoms. The largest absolute Gasteiger partial charge is 0.494 e. The Bertz CT molecular complexity index is 627. The molecule has 6 heteroatoms. The van der Waals surface area contributed by atoms with E-state index in [0.717, 1.165) is 5.75 Å². The molecule has 1 aliphatic heterocycles. The first-order valence-electron chi connectivity index (χ1n) is 9.54. The molecule has 1 heterocycles. The second-order valence-electron chi connectivity index (χ2n) is 8.20. The SMILES string of the molecule is CC(C)(C)c1ccc(OCCCC(=O)NCC2(C(=O)O)CCOCC2)cc1. The number of nitrogens with one attached hydrogen (secondary N) is 1. The Morgan fingerprint density at radius 1 is 1.19 bits per heavy atom. The van der Waals surface area contributed by atoms with Gasteiger partial charge in [0.1, 0.15) is 5.75 Å². The highest BCUT2D eigenvalue weighted by Crippen LogP contribution is 2.30.